The van der Waals surface area contributed by atoms with Gasteiger partial charge in [-0.1, -0.05) is 18.2 Å². The molecule has 33 heavy (non-hydrogen) atoms. The second-order valence-electron chi connectivity index (χ2n) is 7.70. The molecule has 3 aromatic rings. The molecule has 9 heteroatoms. The zero-order valence-electron chi connectivity index (χ0n) is 18.2. The molecule has 3 atom stereocenters. The predicted molar refractivity (Wildman–Crippen MR) is 119 cm³/mol. The summed E-state index contributed by atoms with van der Waals surface area (Å²) < 4.78 is 18.9. The molecule has 0 saturated carbocycles. The van der Waals surface area contributed by atoms with E-state index in [1.165, 1.54) is 17.9 Å². The Labute approximate surface area is 189 Å². The lowest BCUT2D eigenvalue weighted by Gasteiger charge is -2.17. The van der Waals surface area contributed by atoms with Gasteiger partial charge in [0.25, 0.3) is 5.56 Å². The average Bonchev–Trinajstić information content (AvgIpc) is 3.25. The van der Waals surface area contributed by atoms with Gasteiger partial charge in [-0.3, -0.25) is 9.36 Å². The molecule has 2 heterocycles. The molecule has 0 amide bonds. The number of aliphatic hydroxyl groups excluding tert-OH is 1. The van der Waals surface area contributed by atoms with Crippen LogP contribution in [0.1, 0.15) is 28.6 Å². The van der Waals surface area contributed by atoms with Crippen molar-refractivity contribution in [2.24, 2.45) is 0 Å². The molecule has 0 bridgehead atoms. The zero-order valence-corrected chi connectivity index (χ0v) is 18.2. The molecular weight excluding hydrogens is 428 g/mol. The highest BCUT2D eigenvalue weighted by Gasteiger charge is 2.39. The number of carbonyl (C=O) groups excluding carboxylic acids is 1. The van der Waals surface area contributed by atoms with Gasteiger partial charge in [0.2, 0.25) is 0 Å². The smallest absolute Gasteiger partial charge is 0.338 e. The van der Waals surface area contributed by atoms with Crippen molar-refractivity contribution in [3.63, 3.8) is 0 Å². The average molecular weight is 452 g/mol. The third-order valence-corrected chi connectivity index (χ3v) is 5.55. The number of hydrogen-bond donors (Lipinski definition) is 1. The maximum atomic E-state index is 13.3. The minimum absolute atomic E-state index is 0.143. The van der Waals surface area contributed by atoms with Crippen LogP contribution in [0.3, 0.4) is 0 Å². The fraction of sp³-hybridized carbons (Fsp3) is 0.292. The quantitative estimate of drug-likeness (QED) is 0.568. The fourth-order valence-corrected chi connectivity index (χ4v) is 3.80. The van der Waals surface area contributed by atoms with E-state index < -0.39 is 42.3 Å². The predicted octanol–water partition coefficient (Wildman–Crippen LogP) is 1.82. The Kier molecular flexibility index (Phi) is 6.43. The first-order valence-electron chi connectivity index (χ1n) is 10.4. The van der Waals surface area contributed by atoms with Crippen molar-refractivity contribution in [2.45, 2.75) is 31.8 Å². The van der Waals surface area contributed by atoms with E-state index in [0.717, 1.165) is 4.57 Å². The number of nitrogens with zero attached hydrogens (tertiary/aromatic N) is 2. The molecule has 172 valence electrons. The summed E-state index contributed by atoms with van der Waals surface area (Å²) in [5.74, 6) is 0.0443. The Bertz CT molecular complexity index is 1250. The lowest BCUT2D eigenvalue weighted by atomic mass is 10.1. The van der Waals surface area contributed by atoms with Crippen molar-refractivity contribution >= 4 is 5.97 Å². The number of aryl methyl sites for hydroxylation is 1. The highest BCUT2D eigenvalue weighted by Crippen LogP contribution is 2.30. The lowest BCUT2D eigenvalue weighted by molar-refractivity contribution is -0.0523. The van der Waals surface area contributed by atoms with E-state index in [9.17, 15) is 19.5 Å². The minimum Gasteiger partial charge on any atom is -0.497 e. The number of carbonyl (C=O) groups is 1. The van der Waals surface area contributed by atoms with Gasteiger partial charge in [0.05, 0.1) is 25.0 Å². The Morgan fingerprint density at radius 1 is 1.12 bits per heavy atom. The van der Waals surface area contributed by atoms with E-state index in [1.54, 1.807) is 61.5 Å². The van der Waals surface area contributed by atoms with Crippen LogP contribution in [0.5, 0.6) is 5.75 Å². The summed E-state index contributed by atoms with van der Waals surface area (Å²) >= 11 is 0. The van der Waals surface area contributed by atoms with Crippen LogP contribution in [0.15, 0.2) is 70.4 Å². The van der Waals surface area contributed by atoms with E-state index in [-0.39, 0.29) is 6.42 Å². The van der Waals surface area contributed by atoms with Gasteiger partial charge in [-0.05, 0) is 43.3 Å². The molecule has 0 radical (unpaired) electrons. The van der Waals surface area contributed by atoms with Crippen LogP contribution < -0.4 is 16.0 Å². The molecule has 1 aliphatic rings. The number of aromatic nitrogens is 2. The molecule has 1 aromatic heterocycles. The number of rotatable bonds is 6. The van der Waals surface area contributed by atoms with Crippen LogP contribution in [0.2, 0.25) is 0 Å². The lowest BCUT2D eigenvalue weighted by Crippen LogP contribution is -2.41. The van der Waals surface area contributed by atoms with Crippen molar-refractivity contribution in [2.75, 3.05) is 13.7 Å². The molecule has 1 N–H and O–H groups in total. The molecule has 9 nitrogen and oxygen atoms in total. The SMILES string of the molecule is COc1ccc(-n2c(=O)c(C)cn([C@H]3C[C@H](OC(=O)c4ccccc4)[C@@H](CO)O3)c2=O)cc1. The molecule has 1 saturated heterocycles. The maximum Gasteiger partial charge on any atom is 0.338 e. The van der Waals surface area contributed by atoms with Gasteiger partial charge < -0.3 is 19.3 Å². The van der Waals surface area contributed by atoms with Gasteiger partial charge in [-0.15, -0.1) is 0 Å². The Hall–Kier alpha value is -3.69. The molecule has 2 aromatic carbocycles. The van der Waals surface area contributed by atoms with E-state index in [4.69, 9.17) is 14.2 Å². The van der Waals surface area contributed by atoms with Crippen LogP contribution in [0, 0.1) is 6.92 Å². The van der Waals surface area contributed by atoms with Crippen LogP contribution in [0.4, 0.5) is 0 Å². The molecule has 0 spiro atoms. The number of ether oxygens (including phenoxy) is 3. The Morgan fingerprint density at radius 2 is 1.82 bits per heavy atom. The minimum atomic E-state index is -0.827. The third-order valence-electron chi connectivity index (χ3n) is 5.55. The number of methoxy groups -OCH3 is 1. The first-order chi connectivity index (χ1) is 15.9. The van der Waals surface area contributed by atoms with Crippen molar-refractivity contribution in [3.05, 3.63) is 92.8 Å². The van der Waals surface area contributed by atoms with E-state index >= 15 is 0 Å². The second-order valence-corrected chi connectivity index (χ2v) is 7.70. The number of aliphatic hydroxyl groups is 1. The summed E-state index contributed by atoms with van der Waals surface area (Å²) in [7, 11) is 1.52. The third kappa shape index (κ3) is 4.46. The van der Waals surface area contributed by atoms with Gasteiger partial charge in [-0.25, -0.2) is 14.2 Å². The highest BCUT2D eigenvalue weighted by molar-refractivity contribution is 5.89. The van der Waals surface area contributed by atoms with Gasteiger partial charge in [-0.2, -0.15) is 0 Å². The van der Waals surface area contributed by atoms with Crippen LogP contribution in [-0.2, 0) is 9.47 Å². The monoisotopic (exact) mass is 452 g/mol. The number of hydrogen-bond acceptors (Lipinski definition) is 7. The van der Waals surface area contributed by atoms with E-state index in [2.05, 4.69) is 0 Å². The summed E-state index contributed by atoms with van der Waals surface area (Å²) in [6, 6.07) is 15.0. The summed E-state index contributed by atoms with van der Waals surface area (Å²) in [5.41, 5.74) is 0.0303. The van der Waals surface area contributed by atoms with Crippen molar-refractivity contribution in [3.8, 4) is 11.4 Å². The van der Waals surface area contributed by atoms with Crippen molar-refractivity contribution in [1.82, 2.24) is 9.13 Å². The Balaban J connectivity index is 1.65. The molecule has 0 aliphatic carbocycles. The summed E-state index contributed by atoms with van der Waals surface area (Å²) in [5, 5.41) is 9.76. The second kappa shape index (κ2) is 9.43. The topological polar surface area (TPSA) is 109 Å². The molecule has 1 aliphatic heterocycles. The normalized spacial score (nSPS) is 19.9. The summed E-state index contributed by atoms with van der Waals surface area (Å²) in [6.45, 7) is 1.21. The number of benzene rings is 2. The van der Waals surface area contributed by atoms with Gasteiger partial charge in [0.15, 0.2) is 0 Å². The highest BCUT2D eigenvalue weighted by atomic mass is 16.6. The molecule has 0 unspecified atom stereocenters. The van der Waals surface area contributed by atoms with Crippen molar-refractivity contribution in [1.29, 1.82) is 0 Å². The van der Waals surface area contributed by atoms with Crippen LogP contribution in [0.25, 0.3) is 5.69 Å². The van der Waals surface area contributed by atoms with E-state index in [1.807, 2.05) is 0 Å². The zero-order chi connectivity index (χ0) is 23.5. The van der Waals surface area contributed by atoms with Crippen LogP contribution >= 0.6 is 0 Å². The largest absolute Gasteiger partial charge is 0.497 e. The van der Waals surface area contributed by atoms with Crippen LogP contribution in [-0.4, -0.2) is 46.1 Å². The standard InChI is InChI=1S/C24H24N2O7/c1-15-13-25(24(30)26(22(15)28)17-8-10-18(31-2)11-9-17)21-12-19(20(14-27)32-21)33-23(29)16-6-4-3-5-7-16/h3-11,13,19-21,27H,12,14H2,1-2H3/t19-,20+,21+/m0/s1. The van der Waals surface area contributed by atoms with E-state index in [0.29, 0.717) is 22.6 Å². The Morgan fingerprint density at radius 3 is 2.45 bits per heavy atom. The molecule has 1 fully saturated rings. The fourth-order valence-electron chi connectivity index (χ4n) is 3.80. The van der Waals surface area contributed by atoms with Gasteiger partial charge in [0, 0.05) is 18.2 Å². The molecule has 4 rings (SSSR count). The first-order valence-corrected chi connectivity index (χ1v) is 10.4. The summed E-state index contributed by atoms with van der Waals surface area (Å²) in [4.78, 5) is 38.5. The maximum absolute atomic E-state index is 13.3. The van der Waals surface area contributed by atoms with Gasteiger partial charge >= 0.3 is 11.7 Å². The van der Waals surface area contributed by atoms with Crippen molar-refractivity contribution < 1.29 is 24.1 Å². The summed E-state index contributed by atoms with van der Waals surface area (Å²) in [6.07, 6.45) is -0.834. The first kappa shape index (κ1) is 22.5. The molecular formula is C24H24N2O7. The number of esters is 1. The van der Waals surface area contributed by atoms with Gasteiger partial charge in [0.1, 0.15) is 24.2 Å².